The lowest BCUT2D eigenvalue weighted by atomic mass is 9.85. The van der Waals surface area contributed by atoms with E-state index in [1.165, 1.54) is 6.26 Å². The smallest absolute Gasteiger partial charge is 0.410 e. The molecule has 2 unspecified atom stereocenters. The Kier molecular flexibility index (Phi) is 10.7. The van der Waals surface area contributed by atoms with Crippen molar-refractivity contribution in [1.29, 1.82) is 0 Å². The van der Waals surface area contributed by atoms with E-state index in [1.54, 1.807) is 4.90 Å². The normalized spacial score (nSPS) is 16.6. The molecule has 0 saturated carbocycles. The summed E-state index contributed by atoms with van der Waals surface area (Å²) in [6.07, 6.45) is 4.26. The monoisotopic (exact) mass is 562 g/mol. The molecule has 0 aromatic heterocycles. The molecule has 1 aliphatic heterocycles. The minimum Gasteiger partial charge on any atom is -0.465 e. The van der Waals surface area contributed by atoms with Gasteiger partial charge in [-0.3, -0.25) is 4.79 Å². The zero-order valence-corrected chi connectivity index (χ0v) is 25.7. The number of nitrogens with zero attached hydrogens (tertiary/aromatic N) is 1. The SMILES string of the molecule is C=CO/C(=C\C)c1ccc(NCc2cccc(CC(C(=O)OC(C)(C)C)C3CCN(C(=O)OC(C)(C)C)C3)c2)cc1. The molecule has 1 N–H and O–H groups in total. The van der Waals surface area contributed by atoms with Crippen LogP contribution in [-0.4, -0.2) is 41.3 Å². The number of carbonyl (C=O) groups excluding carboxylic acids is 2. The third kappa shape index (κ3) is 9.99. The molecule has 2 aromatic rings. The molecule has 1 amide bonds. The second-order valence-electron chi connectivity index (χ2n) is 12.5. The standard InChI is InChI=1S/C34H46N2O5/c1-9-30(39-10-2)26-14-16-28(17-15-26)35-22-25-13-11-12-24(20-25)21-29(31(37)40-33(3,4)5)27-18-19-36(23-27)32(38)41-34(6,7)8/h9-17,20,27,29,35H,2,18-19,21-23H2,1,3-8H3/b30-9-. The molecule has 1 saturated heterocycles. The van der Waals surface area contributed by atoms with Crippen LogP contribution in [0, 0.1) is 11.8 Å². The fourth-order valence-electron chi connectivity index (χ4n) is 4.90. The average molecular weight is 563 g/mol. The summed E-state index contributed by atoms with van der Waals surface area (Å²) in [5.41, 5.74) is 2.99. The fourth-order valence-corrected chi connectivity index (χ4v) is 4.90. The second kappa shape index (κ2) is 13.7. The molecule has 1 heterocycles. The van der Waals surface area contributed by atoms with Crippen LogP contribution in [0.2, 0.25) is 0 Å². The van der Waals surface area contributed by atoms with E-state index in [9.17, 15) is 9.59 Å². The lowest BCUT2D eigenvalue weighted by Crippen LogP contribution is -2.38. The first-order chi connectivity index (χ1) is 19.3. The number of likely N-dealkylation sites (tertiary alicyclic amines) is 1. The minimum absolute atomic E-state index is 0.00945. The van der Waals surface area contributed by atoms with E-state index in [1.807, 2.05) is 84.9 Å². The number of hydrogen-bond acceptors (Lipinski definition) is 6. The Morgan fingerprint density at radius 1 is 1.02 bits per heavy atom. The van der Waals surface area contributed by atoms with E-state index in [0.29, 0.717) is 26.1 Å². The Balaban J connectivity index is 1.70. The molecule has 222 valence electrons. The van der Waals surface area contributed by atoms with Crippen molar-refractivity contribution in [2.75, 3.05) is 18.4 Å². The fraction of sp³-hybridized carbons (Fsp3) is 0.471. The third-order valence-electron chi connectivity index (χ3n) is 6.74. The Labute approximate surface area is 245 Å². The van der Waals surface area contributed by atoms with Crippen molar-refractivity contribution in [3.05, 3.63) is 84.1 Å². The van der Waals surface area contributed by atoms with E-state index in [2.05, 4.69) is 30.1 Å². The van der Waals surface area contributed by atoms with Gasteiger partial charge in [0.25, 0.3) is 0 Å². The van der Waals surface area contributed by atoms with Gasteiger partial charge in [0.1, 0.15) is 17.0 Å². The number of amides is 1. The number of allylic oxidation sites excluding steroid dienone is 1. The predicted molar refractivity (Wildman–Crippen MR) is 164 cm³/mol. The van der Waals surface area contributed by atoms with Gasteiger partial charge in [-0.25, -0.2) is 4.79 Å². The molecule has 2 atom stereocenters. The number of esters is 1. The summed E-state index contributed by atoms with van der Waals surface area (Å²) < 4.78 is 16.9. The van der Waals surface area contributed by atoms with Gasteiger partial charge in [0.15, 0.2) is 0 Å². The van der Waals surface area contributed by atoms with E-state index in [-0.39, 0.29) is 23.9 Å². The van der Waals surface area contributed by atoms with Gasteiger partial charge in [-0.1, -0.05) is 30.8 Å². The summed E-state index contributed by atoms with van der Waals surface area (Å²) >= 11 is 0. The van der Waals surface area contributed by atoms with E-state index in [0.717, 1.165) is 34.6 Å². The van der Waals surface area contributed by atoms with Crippen LogP contribution in [0.3, 0.4) is 0 Å². The average Bonchev–Trinajstić information content (AvgIpc) is 3.38. The van der Waals surface area contributed by atoms with Crippen molar-refractivity contribution in [3.8, 4) is 0 Å². The zero-order chi connectivity index (χ0) is 30.2. The van der Waals surface area contributed by atoms with E-state index in [4.69, 9.17) is 14.2 Å². The van der Waals surface area contributed by atoms with E-state index >= 15 is 0 Å². The van der Waals surface area contributed by atoms with Gasteiger partial charge in [-0.15, -0.1) is 0 Å². The number of benzene rings is 2. The maximum absolute atomic E-state index is 13.4. The Hall–Kier alpha value is -3.74. The van der Waals surface area contributed by atoms with Crippen LogP contribution in [0.1, 0.15) is 71.6 Å². The first-order valence-corrected chi connectivity index (χ1v) is 14.3. The minimum atomic E-state index is -0.592. The summed E-state index contributed by atoms with van der Waals surface area (Å²) in [7, 11) is 0. The second-order valence-corrected chi connectivity index (χ2v) is 12.5. The van der Waals surface area contributed by atoms with Crippen molar-refractivity contribution >= 4 is 23.5 Å². The largest absolute Gasteiger partial charge is 0.465 e. The van der Waals surface area contributed by atoms with Crippen molar-refractivity contribution < 1.29 is 23.8 Å². The first-order valence-electron chi connectivity index (χ1n) is 14.3. The number of ether oxygens (including phenoxy) is 3. The van der Waals surface area contributed by atoms with E-state index < -0.39 is 11.2 Å². The molecule has 7 heteroatoms. The summed E-state index contributed by atoms with van der Waals surface area (Å²) in [6, 6.07) is 16.3. The van der Waals surface area contributed by atoms with Crippen molar-refractivity contribution in [1.82, 2.24) is 4.90 Å². The van der Waals surface area contributed by atoms with Gasteiger partial charge in [0.05, 0.1) is 12.2 Å². The highest BCUT2D eigenvalue weighted by Crippen LogP contribution is 2.31. The molecule has 1 aliphatic rings. The highest BCUT2D eigenvalue weighted by Gasteiger charge is 2.39. The van der Waals surface area contributed by atoms with Crippen LogP contribution >= 0.6 is 0 Å². The van der Waals surface area contributed by atoms with Gasteiger partial charge in [0, 0.05) is 30.9 Å². The molecule has 2 aromatic carbocycles. The van der Waals surface area contributed by atoms with Crippen LogP contribution in [0.4, 0.5) is 10.5 Å². The lowest BCUT2D eigenvalue weighted by Gasteiger charge is -2.28. The van der Waals surface area contributed by atoms with Gasteiger partial charge in [0.2, 0.25) is 0 Å². The maximum Gasteiger partial charge on any atom is 0.410 e. The molecular weight excluding hydrogens is 516 g/mol. The topological polar surface area (TPSA) is 77.1 Å². The summed E-state index contributed by atoms with van der Waals surface area (Å²) in [4.78, 5) is 27.8. The van der Waals surface area contributed by atoms with Crippen LogP contribution in [0.5, 0.6) is 0 Å². The van der Waals surface area contributed by atoms with Gasteiger partial charge in [-0.2, -0.15) is 0 Å². The lowest BCUT2D eigenvalue weighted by molar-refractivity contribution is -0.161. The van der Waals surface area contributed by atoms with Crippen molar-refractivity contribution in [2.24, 2.45) is 11.8 Å². The molecular formula is C34H46N2O5. The number of nitrogens with one attached hydrogen (secondary N) is 1. The molecule has 1 fully saturated rings. The molecule has 0 spiro atoms. The van der Waals surface area contributed by atoms with Gasteiger partial charge >= 0.3 is 12.1 Å². The maximum atomic E-state index is 13.4. The van der Waals surface area contributed by atoms with Gasteiger partial charge in [-0.05, 0) is 109 Å². The Morgan fingerprint density at radius 3 is 2.29 bits per heavy atom. The highest BCUT2D eigenvalue weighted by molar-refractivity contribution is 5.74. The molecule has 3 rings (SSSR count). The predicted octanol–water partition coefficient (Wildman–Crippen LogP) is 7.58. The van der Waals surface area contributed by atoms with Crippen LogP contribution in [-0.2, 0) is 32.0 Å². The number of rotatable bonds is 10. The molecule has 7 nitrogen and oxygen atoms in total. The number of hydrogen-bond donors (Lipinski definition) is 1. The highest BCUT2D eigenvalue weighted by atomic mass is 16.6. The number of anilines is 1. The quantitative estimate of drug-likeness (QED) is 0.238. The van der Waals surface area contributed by atoms with Crippen LogP contribution < -0.4 is 5.32 Å². The van der Waals surface area contributed by atoms with Crippen LogP contribution in [0.15, 0.2) is 67.4 Å². The molecule has 0 aliphatic carbocycles. The molecule has 41 heavy (non-hydrogen) atoms. The summed E-state index contributed by atoms with van der Waals surface area (Å²) in [5, 5.41) is 3.47. The third-order valence-corrected chi connectivity index (χ3v) is 6.74. The summed E-state index contributed by atoms with van der Waals surface area (Å²) in [6.45, 7) is 18.5. The number of carbonyl (C=O) groups is 2. The zero-order valence-electron chi connectivity index (χ0n) is 25.7. The van der Waals surface area contributed by atoms with Crippen LogP contribution in [0.25, 0.3) is 5.76 Å². The Morgan fingerprint density at radius 2 is 1.68 bits per heavy atom. The van der Waals surface area contributed by atoms with Crippen molar-refractivity contribution in [3.63, 3.8) is 0 Å². The van der Waals surface area contributed by atoms with Crippen molar-refractivity contribution in [2.45, 2.75) is 79.1 Å². The Bertz CT molecular complexity index is 1220. The molecule has 0 radical (unpaired) electrons. The first kappa shape index (κ1) is 31.8. The molecule has 0 bridgehead atoms. The summed E-state index contributed by atoms with van der Waals surface area (Å²) in [5.74, 6) is 0.161. The van der Waals surface area contributed by atoms with Gasteiger partial charge < -0.3 is 24.4 Å².